The topological polar surface area (TPSA) is 94.0 Å². The van der Waals surface area contributed by atoms with Gasteiger partial charge in [-0.15, -0.1) is 10.2 Å². The van der Waals surface area contributed by atoms with Crippen LogP contribution in [0.25, 0.3) is 22.4 Å². The summed E-state index contributed by atoms with van der Waals surface area (Å²) >= 11 is 1.39. The third-order valence-corrected chi connectivity index (χ3v) is 5.81. The van der Waals surface area contributed by atoms with Crippen molar-refractivity contribution in [2.45, 2.75) is 37.2 Å². The fourth-order valence-corrected chi connectivity index (χ4v) is 4.05. The molecule has 0 saturated heterocycles. The molecule has 0 amide bonds. The van der Waals surface area contributed by atoms with Gasteiger partial charge >= 0.3 is 0 Å². The largest absolute Gasteiger partial charge is 0.419 e. The Kier molecular flexibility index (Phi) is 5.96. The molecule has 4 rings (SSSR count). The quantitative estimate of drug-likeness (QED) is 0.355. The Morgan fingerprint density at radius 2 is 1.90 bits per heavy atom. The fourth-order valence-electron chi connectivity index (χ4n) is 3.08. The maximum atomic E-state index is 13.0. The molecule has 7 nitrogen and oxygen atoms in total. The molecule has 2 aromatic carbocycles. The Morgan fingerprint density at radius 3 is 2.67 bits per heavy atom. The van der Waals surface area contributed by atoms with E-state index in [0.29, 0.717) is 40.8 Å². The van der Waals surface area contributed by atoms with Crippen molar-refractivity contribution in [1.82, 2.24) is 19.7 Å². The van der Waals surface area contributed by atoms with Crippen LogP contribution in [0.2, 0.25) is 0 Å². The van der Waals surface area contributed by atoms with Crippen molar-refractivity contribution in [1.29, 1.82) is 0 Å². The maximum absolute atomic E-state index is 13.0. The molecular formula is C22H22N4O3S. The number of aliphatic hydroxyl groups is 1. The van der Waals surface area contributed by atoms with Crippen molar-refractivity contribution in [2.24, 2.45) is 0 Å². The molecule has 2 aromatic heterocycles. The van der Waals surface area contributed by atoms with Crippen molar-refractivity contribution in [3.63, 3.8) is 0 Å². The minimum Gasteiger partial charge on any atom is -0.419 e. The van der Waals surface area contributed by atoms with Gasteiger partial charge in [0, 0.05) is 18.7 Å². The highest BCUT2D eigenvalue weighted by atomic mass is 32.2. The third-order valence-electron chi connectivity index (χ3n) is 4.74. The maximum Gasteiger partial charge on any atom is 0.262 e. The highest BCUT2D eigenvalue weighted by Crippen LogP contribution is 2.34. The first-order valence-corrected chi connectivity index (χ1v) is 10.6. The van der Waals surface area contributed by atoms with Gasteiger partial charge in [-0.05, 0) is 44.5 Å². The summed E-state index contributed by atoms with van der Waals surface area (Å²) in [5.74, 6) is 0.924. The van der Waals surface area contributed by atoms with Crippen molar-refractivity contribution in [3.8, 4) is 11.5 Å². The summed E-state index contributed by atoms with van der Waals surface area (Å²) in [6.45, 7) is 4.35. The van der Waals surface area contributed by atoms with E-state index < -0.39 is 0 Å². The van der Waals surface area contributed by atoms with E-state index in [1.807, 2.05) is 56.3 Å². The van der Waals surface area contributed by atoms with Gasteiger partial charge in [-0.2, -0.15) is 0 Å². The van der Waals surface area contributed by atoms with E-state index in [2.05, 4.69) is 15.2 Å². The van der Waals surface area contributed by atoms with E-state index in [1.54, 1.807) is 10.6 Å². The fraction of sp³-hybridized carbons (Fsp3) is 0.273. The number of para-hydroxylation sites is 1. The van der Waals surface area contributed by atoms with Crippen molar-refractivity contribution < 1.29 is 9.52 Å². The van der Waals surface area contributed by atoms with Crippen LogP contribution >= 0.6 is 11.8 Å². The van der Waals surface area contributed by atoms with Gasteiger partial charge in [-0.25, -0.2) is 4.98 Å². The second kappa shape index (κ2) is 8.81. The molecule has 0 aliphatic heterocycles. The second-order valence-electron chi connectivity index (χ2n) is 7.02. The smallest absolute Gasteiger partial charge is 0.262 e. The molecule has 1 N–H and O–H groups in total. The standard InChI is InChI=1S/C22H22N4O3S/c1-14-8-10-16(11-9-14)20-25-24-19(29-20)15(2)30-22-23-18-7-4-3-6-17(18)21(28)26(22)12-5-13-27/h3-4,6-11,15,27H,5,12-13H2,1-2H3/t15-/m0/s1. The first-order valence-electron chi connectivity index (χ1n) is 9.74. The number of aryl methyl sites for hydroxylation is 1. The highest BCUT2D eigenvalue weighted by Gasteiger charge is 2.20. The van der Waals surface area contributed by atoms with Gasteiger partial charge in [-0.1, -0.05) is 41.6 Å². The third kappa shape index (κ3) is 4.15. The molecule has 0 spiro atoms. The lowest BCUT2D eigenvalue weighted by molar-refractivity contribution is 0.276. The lowest BCUT2D eigenvalue weighted by Gasteiger charge is -2.14. The number of hydrogen-bond donors (Lipinski definition) is 1. The zero-order valence-corrected chi connectivity index (χ0v) is 17.6. The average molecular weight is 423 g/mol. The first-order chi connectivity index (χ1) is 14.6. The van der Waals surface area contributed by atoms with Crippen LogP contribution < -0.4 is 5.56 Å². The van der Waals surface area contributed by atoms with Gasteiger partial charge in [0.25, 0.3) is 5.56 Å². The number of aliphatic hydroxyl groups excluding tert-OH is 1. The molecule has 1 atom stereocenters. The van der Waals surface area contributed by atoms with Crippen LogP contribution in [0.1, 0.15) is 30.0 Å². The van der Waals surface area contributed by atoms with E-state index in [1.165, 1.54) is 11.8 Å². The minimum absolute atomic E-state index is 0.00248. The summed E-state index contributed by atoms with van der Waals surface area (Å²) in [7, 11) is 0. The van der Waals surface area contributed by atoms with E-state index in [9.17, 15) is 9.90 Å². The number of aromatic nitrogens is 4. The van der Waals surface area contributed by atoms with Crippen molar-refractivity contribution in [3.05, 3.63) is 70.3 Å². The molecule has 0 aliphatic carbocycles. The Bertz CT molecular complexity index is 1220. The van der Waals surface area contributed by atoms with E-state index in [0.717, 1.165) is 11.1 Å². The van der Waals surface area contributed by atoms with E-state index in [-0.39, 0.29) is 17.4 Å². The Balaban J connectivity index is 1.65. The molecule has 0 saturated carbocycles. The summed E-state index contributed by atoms with van der Waals surface area (Å²) in [5.41, 5.74) is 2.55. The van der Waals surface area contributed by atoms with Crippen LogP contribution in [0, 0.1) is 6.92 Å². The van der Waals surface area contributed by atoms with Gasteiger partial charge in [-0.3, -0.25) is 9.36 Å². The van der Waals surface area contributed by atoms with Gasteiger partial charge < -0.3 is 9.52 Å². The highest BCUT2D eigenvalue weighted by molar-refractivity contribution is 7.99. The predicted octanol–water partition coefficient (Wildman–Crippen LogP) is 3.99. The summed E-state index contributed by atoms with van der Waals surface area (Å²) in [6.07, 6.45) is 0.472. The van der Waals surface area contributed by atoms with Gasteiger partial charge in [0.1, 0.15) is 0 Å². The molecule has 0 radical (unpaired) electrons. The number of fused-ring (bicyclic) bond motifs is 1. The number of thioether (sulfide) groups is 1. The molecule has 0 fully saturated rings. The van der Waals surface area contributed by atoms with Crippen molar-refractivity contribution >= 4 is 22.7 Å². The van der Waals surface area contributed by atoms with Crippen LogP contribution in [0.3, 0.4) is 0 Å². The predicted molar refractivity (Wildman–Crippen MR) is 116 cm³/mol. The Labute approximate surface area is 177 Å². The van der Waals surface area contributed by atoms with Gasteiger partial charge in [0.15, 0.2) is 5.16 Å². The molecule has 0 aliphatic rings. The molecule has 0 bridgehead atoms. The zero-order chi connectivity index (χ0) is 21.1. The van der Waals surface area contributed by atoms with Crippen LogP contribution in [0.5, 0.6) is 0 Å². The molecule has 0 unspecified atom stereocenters. The van der Waals surface area contributed by atoms with Crippen LogP contribution in [-0.2, 0) is 6.54 Å². The lowest BCUT2D eigenvalue weighted by atomic mass is 10.1. The minimum atomic E-state index is -0.204. The molecule has 154 valence electrons. The second-order valence-corrected chi connectivity index (χ2v) is 8.32. The Morgan fingerprint density at radius 1 is 1.13 bits per heavy atom. The van der Waals surface area contributed by atoms with E-state index in [4.69, 9.17) is 4.42 Å². The van der Waals surface area contributed by atoms with Crippen LogP contribution in [0.4, 0.5) is 0 Å². The summed E-state index contributed by atoms with van der Waals surface area (Å²) in [5, 5.41) is 18.5. The number of benzene rings is 2. The monoisotopic (exact) mass is 422 g/mol. The number of rotatable bonds is 7. The molecule has 4 aromatic rings. The lowest BCUT2D eigenvalue weighted by Crippen LogP contribution is -2.24. The summed E-state index contributed by atoms with van der Waals surface area (Å²) in [4.78, 5) is 17.6. The van der Waals surface area contributed by atoms with Crippen LogP contribution in [-0.4, -0.2) is 31.5 Å². The molecule has 8 heteroatoms. The summed E-state index contributed by atoms with van der Waals surface area (Å²) < 4.78 is 7.49. The molecular weight excluding hydrogens is 400 g/mol. The van der Waals surface area contributed by atoms with E-state index >= 15 is 0 Å². The molecule has 2 heterocycles. The zero-order valence-electron chi connectivity index (χ0n) is 16.8. The SMILES string of the molecule is Cc1ccc(-c2nnc([C@H](C)Sc3nc4ccccc4c(=O)n3CCCO)o2)cc1. The first kappa shape index (κ1) is 20.3. The number of hydrogen-bond acceptors (Lipinski definition) is 7. The summed E-state index contributed by atoms with van der Waals surface area (Å²) in [6, 6.07) is 15.2. The Hall–Kier alpha value is -2.97. The molecule has 30 heavy (non-hydrogen) atoms. The normalized spacial score (nSPS) is 12.4. The number of nitrogens with zero attached hydrogens (tertiary/aromatic N) is 4. The van der Waals surface area contributed by atoms with Gasteiger partial charge in [0.05, 0.1) is 16.2 Å². The average Bonchev–Trinajstić information content (AvgIpc) is 3.24. The van der Waals surface area contributed by atoms with Crippen molar-refractivity contribution in [2.75, 3.05) is 6.61 Å². The van der Waals surface area contributed by atoms with Gasteiger partial charge in [0.2, 0.25) is 11.8 Å². The van der Waals surface area contributed by atoms with Crippen LogP contribution in [0.15, 0.2) is 62.9 Å².